The van der Waals surface area contributed by atoms with Crippen molar-refractivity contribution in [1.82, 2.24) is 4.90 Å². The summed E-state index contributed by atoms with van der Waals surface area (Å²) in [5.74, 6) is 0.774. The van der Waals surface area contributed by atoms with Crippen molar-refractivity contribution >= 4 is 17.7 Å². The van der Waals surface area contributed by atoms with Gasteiger partial charge in [-0.3, -0.25) is 4.79 Å². The Morgan fingerprint density at radius 3 is 2.85 bits per heavy atom. The van der Waals surface area contributed by atoms with Crippen LogP contribution in [0.1, 0.15) is 36.3 Å². The summed E-state index contributed by atoms with van der Waals surface area (Å²) in [5.41, 5.74) is -0.114. The topological polar surface area (TPSA) is 20.3 Å². The van der Waals surface area contributed by atoms with E-state index in [0.29, 0.717) is 18.5 Å². The second-order valence-corrected chi connectivity index (χ2v) is 5.87. The minimum absolute atomic E-state index is 0.0138. The van der Waals surface area contributed by atoms with E-state index in [9.17, 15) is 18.0 Å². The summed E-state index contributed by atoms with van der Waals surface area (Å²) in [6.07, 6.45) is -3.16. The van der Waals surface area contributed by atoms with Crippen LogP contribution in [0.3, 0.4) is 0 Å². The maximum absolute atomic E-state index is 12.7. The molecule has 2 nitrogen and oxygen atoms in total. The largest absolute Gasteiger partial charge is 0.416 e. The number of carbonyl (C=O) groups excluding carboxylic acids is 1. The van der Waals surface area contributed by atoms with E-state index in [1.54, 1.807) is 11.0 Å². The lowest BCUT2D eigenvalue weighted by Gasteiger charge is -2.24. The molecule has 1 aromatic rings. The number of nitrogens with zero attached hydrogens (tertiary/aromatic N) is 1. The van der Waals surface area contributed by atoms with Crippen LogP contribution in [0.15, 0.2) is 24.3 Å². The average molecular weight is 303 g/mol. The van der Waals surface area contributed by atoms with Gasteiger partial charge >= 0.3 is 6.18 Å². The molecule has 1 heterocycles. The Labute approximate surface area is 120 Å². The van der Waals surface area contributed by atoms with Gasteiger partial charge in [0.25, 0.3) is 0 Å². The number of carbonyl (C=O) groups is 1. The number of halogens is 3. The van der Waals surface area contributed by atoms with E-state index in [1.807, 2.05) is 6.92 Å². The molecule has 0 spiro atoms. The van der Waals surface area contributed by atoms with Crippen molar-refractivity contribution in [3.63, 3.8) is 0 Å². The third-order valence-electron chi connectivity index (χ3n) is 3.17. The smallest absolute Gasteiger partial charge is 0.326 e. The second kappa shape index (κ2) is 6.08. The summed E-state index contributed by atoms with van der Waals surface area (Å²) in [6, 6.07) is 5.26. The van der Waals surface area contributed by atoms with Gasteiger partial charge in [-0.05, 0) is 24.1 Å². The molecule has 1 atom stereocenters. The average Bonchev–Trinajstić information content (AvgIpc) is 2.87. The van der Waals surface area contributed by atoms with E-state index in [0.717, 1.165) is 24.3 Å². The van der Waals surface area contributed by atoms with Crippen molar-refractivity contribution in [1.29, 1.82) is 0 Å². The molecule has 0 aliphatic carbocycles. The van der Waals surface area contributed by atoms with Gasteiger partial charge in [0, 0.05) is 18.7 Å². The SMILES string of the molecule is CCCC(=O)N1CCS[C@@H]1c1cccc(C(F)(F)F)c1. The number of alkyl halides is 3. The fraction of sp³-hybridized carbons (Fsp3) is 0.500. The lowest BCUT2D eigenvalue weighted by atomic mass is 10.1. The highest BCUT2D eigenvalue weighted by Crippen LogP contribution is 2.40. The molecule has 1 aromatic carbocycles. The second-order valence-electron chi connectivity index (χ2n) is 4.68. The van der Waals surface area contributed by atoms with Crippen LogP contribution in [0, 0.1) is 0 Å². The molecular weight excluding hydrogens is 287 g/mol. The Morgan fingerprint density at radius 2 is 2.20 bits per heavy atom. The normalized spacial score (nSPS) is 19.4. The monoisotopic (exact) mass is 303 g/mol. The molecule has 1 fully saturated rings. The van der Waals surface area contributed by atoms with Gasteiger partial charge in [-0.15, -0.1) is 11.8 Å². The molecule has 110 valence electrons. The Morgan fingerprint density at radius 1 is 1.45 bits per heavy atom. The highest BCUT2D eigenvalue weighted by molar-refractivity contribution is 7.99. The van der Waals surface area contributed by atoms with Gasteiger partial charge in [0.15, 0.2) is 0 Å². The molecule has 1 aliphatic rings. The van der Waals surface area contributed by atoms with Crippen LogP contribution >= 0.6 is 11.8 Å². The van der Waals surface area contributed by atoms with Gasteiger partial charge in [-0.25, -0.2) is 0 Å². The van der Waals surface area contributed by atoms with E-state index < -0.39 is 11.7 Å². The first-order chi connectivity index (χ1) is 9.43. The fourth-order valence-electron chi connectivity index (χ4n) is 2.23. The standard InChI is InChI=1S/C14H16F3NOS/c1-2-4-12(19)18-7-8-20-13(18)10-5-3-6-11(9-10)14(15,16)17/h3,5-6,9,13H,2,4,7-8H2,1H3/t13-/m1/s1. The molecule has 1 amide bonds. The summed E-state index contributed by atoms with van der Waals surface area (Å²) >= 11 is 1.51. The number of hydrogen-bond donors (Lipinski definition) is 0. The highest BCUT2D eigenvalue weighted by atomic mass is 32.2. The minimum atomic E-state index is -4.35. The molecule has 0 bridgehead atoms. The molecule has 1 aliphatic heterocycles. The molecular formula is C14H16F3NOS. The summed E-state index contributed by atoms with van der Waals surface area (Å²) in [5, 5.41) is -0.295. The van der Waals surface area contributed by atoms with E-state index in [-0.39, 0.29) is 11.3 Å². The van der Waals surface area contributed by atoms with Crippen molar-refractivity contribution in [3.8, 4) is 0 Å². The number of benzene rings is 1. The first kappa shape index (κ1) is 15.2. The van der Waals surface area contributed by atoms with Crippen molar-refractivity contribution in [2.24, 2.45) is 0 Å². The van der Waals surface area contributed by atoms with Gasteiger partial charge < -0.3 is 4.90 Å². The summed E-state index contributed by atoms with van der Waals surface area (Å²) in [6.45, 7) is 2.52. The van der Waals surface area contributed by atoms with E-state index >= 15 is 0 Å². The zero-order valence-electron chi connectivity index (χ0n) is 11.1. The van der Waals surface area contributed by atoms with Crippen LogP contribution in [0.5, 0.6) is 0 Å². The van der Waals surface area contributed by atoms with E-state index in [1.165, 1.54) is 17.8 Å². The maximum atomic E-state index is 12.7. The molecule has 0 radical (unpaired) electrons. The van der Waals surface area contributed by atoms with Gasteiger partial charge in [0.2, 0.25) is 5.91 Å². The van der Waals surface area contributed by atoms with E-state index in [4.69, 9.17) is 0 Å². The van der Waals surface area contributed by atoms with Crippen molar-refractivity contribution < 1.29 is 18.0 Å². The quantitative estimate of drug-likeness (QED) is 0.838. The van der Waals surface area contributed by atoms with Gasteiger partial charge in [0.1, 0.15) is 5.37 Å². The third-order valence-corrected chi connectivity index (χ3v) is 4.43. The van der Waals surface area contributed by atoms with Crippen molar-refractivity contribution in [2.45, 2.75) is 31.3 Å². The molecule has 6 heteroatoms. The maximum Gasteiger partial charge on any atom is 0.416 e. The van der Waals surface area contributed by atoms with Crippen LogP contribution in [0.25, 0.3) is 0 Å². The molecule has 0 unspecified atom stereocenters. The number of thioether (sulfide) groups is 1. The van der Waals surface area contributed by atoms with Gasteiger partial charge in [0.05, 0.1) is 5.56 Å². The molecule has 1 saturated heterocycles. The van der Waals surface area contributed by atoms with Crippen LogP contribution in [0.2, 0.25) is 0 Å². The van der Waals surface area contributed by atoms with Crippen LogP contribution in [-0.2, 0) is 11.0 Å². The molecule has 20 heavy (non-hydrogen) atoms. The molecule has 0 saturated carbocycles. The number of hydrogen-bond acceptors (Lipinski definition) is 2. The van der Waals surface area contributed by atoms with Crippen LogP contribution in [0.4, 0.5) is 13.2 Å². The zero-order valence-corrected chi connectivity index (χ0v) is 11.9. The third kappa shape index (κ3) is 3.29. The highest BCUT2D eigenvalue weighted by Gasteiger charge is 2.34. The van der Waals surface area contributed by atoms with Crippen molar-refractivity contribution in [2.75, 3.05) is 12.3 Å². The summed E-state index contributed by atoms with van der Waals surface area (Å²) in [7, 11) is 0. The first-order valence-electron chi connectivity index (χ1n) is 6.51. The number of rotatable bonds is 3. The van der Waals surface area contributed by atoms with Gasteiger partial charge in [-0.1, -0.05) is 19.1 Å². The Balaban J connectivity index is 2.24. The summed E-state index contributed by atoms with van der Waals surface area (Å²) in [4.78, 5) is 13.7. The van der Waals surface area contributed by atoms with Crippen molar-refractivity contribution in [3.05, 3.63) is 35.4 Å². The zero-order chi connectivity index (χ0) is 14.8. The Hall–Kier alpha value is -1.17. The van der Waals surface area contributed by atoms with Crippen LogP contribution in [-0.4, -0.2) is 23.1 Å². The Kier molecular flexibility index (Phi) is 4.62. The number of amides is 1. The lowest BCUT2D eigenvalue weighted by molar-refractivity contribution is -0.137. The summed E-state index contributed by atoms with van der Waals surface area (Å²) < 4.78 is 38.2. The fourth-order valence-corrected chi connectivity index (χ4v) is 3.49. The van der Waals surface area contributed by atoms with E-state index in [2.05, 4.69) is 0 Å². The minimum Gasteiger partial charge on any atom is -0.326 e. The molecule has 0 N–H and O–H groups in total. The predicted octanol–water partition coefficient (Wildman–Crippen LogP) is 4.08. The Bertz CT molecular complexity index is 490. The van der Waals surface area contributed by atoms with Crippen LogP contribution < -0.4 is 0 Å². The predicted molar refractivity (Wildman–Crippen MR) is 73.3 cm³/mol. The lowest BCUT2D eigenvalue weighted by Crippen LogP contribution is -2.30. The van der Waals surface area contributed by atoms with Gasteiger partial charge in [-0.2, -0.15) is 13.2 Å². The molecule has 2 rings (SSSR count). The first-order valence-corrected chi connectivity index (χ1v) is 7.56. The molecule has 0 aromatic heterocycles.